The lowest BCUT2D eigenvalue weighted by Crippen LogP contribution is -2.44. The van der Waals surface area contributed by atoms with Crippen molar-refractivity contribution in [2.24, 2.45) is 0 Å². The number of nitrogens with one attached hydrogen (secondary N) is 1. The maximum atomic E-state index is 13.0. The van der Waals surface area contributed by atoms with Crippen LogP contribution in [-0.2, 0) is 0 Å². The molecule has 1 saturated heterocycles. The SMILES string of the molecule is COc1ccc2cc(C(=O)N3CCC[C@H](Oc4nc(C)cc(C)n4)C3)[nH]c2c1. The fourth-order valence-electron chi connectivity index (χ4n) is 3.63. The maximum absolute atomic E-state index is 13.0. The summed E-state index contributed by atoms with van der Waals surface area (Å²) in [6.07, 6.45) is 1.66. The van der Waals surface area contributed by atoms with Gasteiger partial charge < -0.3 is 19.4 Å². The van der Waals surface area contributed by atoms with Crippen LogP contribution >= 0.6 is 0 Å². The summed E-state index contributed by atoms with van der Waals surface area (Å²) in [6.45, 7) is 5.07. The van der Waals surface area contributed by atoms with Crippen molar-refractivity contribution in [1.82, 2.24) is 19.9 Å². The van der Waals surface area contributed by atoms with Crippen molar-refractivity contribution in [3.05, 3.63) is 47.4 Å². The van der Waals surface area contributed by atoms with Crippen molar-refractivity contribution >= 4 is 16.8 Å². The van der Waals surface area contributed by atoms with E-state index >= 15 is 0 Å². The van der Waals surface area contributed by atoms with E-state index in [9.17, 15) is 4.79 Å². The number of benzene rings is 1. The van der Waals surface area contributed by atoms with Crippen LogP contribution < -0.4 is 9.47 Å². The number of ether oxygens (including phenoxy) is 2. The molecule has 0 saturated carbocycles. The summed E-state index contributed by atoms with van der Waals surface area (Å²) < 4.78 is 11.2. The number of hydrogen-bond acceptors (Lipinski definition) is 5. The Hall–Kier alpha value is -3.09. The molecule has 7 nitrogen and oxygen atoms in total. The van der Waals surface area contributed by atoms with Crippen LogP contribution in [0.25, 0.3) is 10.9 Å². The van der Waals surface area contributed by atoms with E-state index in [4.69, 9.17) is 9.47 Å². The molecule has 3 heterocycles. The van der Waals surface area contributed by atoms with Crippen LogP contribution in [0.4, 0.5) is 0 Å². The Bertz CT molecular complexity index is 994. The van der Waals surface area contributed by atoms with Gasteiger partial charge in [-0.15, -0.1) is 0 Å². The molecule has 1 amide bonds. The highest BCUT2D eigenvalue weighted by molar-refractivity contribution is 5.98. The van der Waals surface area contributed by atoms with Gasteiger partial charge >= 0.3 is 6.01 Å². The number of H-pyrrole nitrogens is 1. The molecule has 0 aliphatic carbocycles. The van der Waals surface area contributed by atoms with Gasteiger partial charge in [-0.2, -0.15) is 0 Å². The highest BCUT2D eigenvalue weighted by Gasteiger charge is 2.27. The smallest absolute Gasteiger partial charge is 0.317 e. The van der Waals surface area contributed by atoms with Gasteiger partial charge in [-0.25, -0.2) is 9.97 Å². The van der Waals surface area contributed by atoms with Crippen LogP contribution in [-0.4, -0.2) is 52.1 Å². The molecule has 0 spiro atoms. The first-order valence-electron chi connectivity index (χ1n) is 9.47. The van der Waals surface area contributed by atoms with Gasteiger partial charge in [0.15, 0.2) is 0 Å². The van der Waals surface area contributed by atoms with E-state index in [0.29, 0.717) is 24.8 Å². The average molecular weight is 380 g/mol. The first-order valence-corrected chi connectivity index (χ1v) is 9.47. The van der Waals surface area contributed by atoms with Gasteiger partial charge in [0.1, 0.15) is 17.5 Å². The van der Waals surface area contributed by atoms with Crippen LogP contribution in [0, 0.1) is 13.8 Å². The van der Waals surface area contributed by atoms with E-state index < -0.39 is 0 Å². The number of aromatic amines is 1. The van der Waals surface area contributed by atoms with Crippen molar-refractivity contribution in [3.8, 4) is 11.8 Å². The molecule has 4 rings (SSSR count). The summed E-state index contributed by atoms with van der Waals surface area (Å²) >= 11 is 0. The van der Waals surface area contributed by atoms with Crippen LogP contribution in [0.15, 0.2) is 30.3 Å². The predicted molar refractivity (Wildman–Crippen MR) is 106 cm³/mol. The average Bonchev–Trinajstić information content (AvgIpc) is 3.10. The number of hydrogen-bond donors (Lipinski definition) is 1. The highest BCUT2D eigenvalue weighted by atomic mass is 16.5. The molecule has 7 heteroatoms. The Morgan fingerprint density at radius 2 is 1.96 bits per heavy atom. The normalized spacial score (nSPS) is 17.0. The van der Waals surface area contributed by atoms with Crippen LogP contribution in [0.1, 0.15) is 34.7 Å². The number of nitrogens with zero attached hydrogens (tertiary/aromatic N) is 3. The Labute approximate surface area is 163 Å². The Balaban J connectivity index is 1.48. The number of carbonyl (C=O) groups excluding carboxylic acids is 1. The van der Waals surface area contributed by atoms with Crippen molar-refractivity contribution in [2.45, 2.75) is 32.8 Å². The molecular weight excluding hydrogens is 356 g/mol. The molecule has 1 atom stereocenters. The largest absolute Gasteiger partial charge is 0.497 e. The quantitative estimate of drug-likeness (QED) is 0.751. The van der Waals surface area contributed by atoms with Crippen LogP contribution in [0.2, 0.25) is 0 Å². The lowest BCUT2D eigenvalue weighted by Gasteiger charge is -2.32. The number of rotatable bonds is 4. The van der Waals surface area contributed by atoms with E-state index in [1.165, 1.54) is 0 Å². The first-order chi connectivity index (χ1) is 13.5. The zero-order valence-corrected chi connectivity index (χ0v) is 16.4. The number of fused-ring (bicyclic) bond motifs is 1. The minimum absolute atomic E-state index is 0.0233. The number of carbonyl (C=O) groups is 1. The number of methoxy groups -OCH3 is 1. The second-order valence-corrected chi connectivity index (χ2v) is 7.20. The van der Waals surface area contributed by atoms with Gasteiger partial charge in [0, 0.05) is 34.9 Å². The molecule has 146 valence electrons. The summed E-state index contributed by atoms with van der Waals surface area (Å²) in [5.74, 6) is 0.734. The molecule has 28 heavy (non-hydrogen) atoms. The number of aromatic nitrogens is 3. The zero-order chi connectivity index (χ0) is 19.7. The van der Waals surface area contributed by atoms with Crippen LogP contribution in [0.3, 0.4) is 0 Å². The Morgan fingerprint density at radius 3 is 2.71 bits per heavy atom. The number of aryl methyl sites for hydroxylation is 2. The molecule has 2 aromatic heterocycles. The molecule has 1 aromatic carbocycles. The van der Waals surface area contributed by atoms with Crippen LogP contribution in [0.5, 0.6) is 11.8 Å². The third-order valence-corrected chi connectivity index (χ3v) is 4.96. The fourth-order valence-corrected chi connectivity index (χ4v) is 3.63. The lowest BCUT2D eigenvalue weighted by atomic mass is 10.1. The van der Waals surface area contributed by atoms with E-state index in [1.807, 2.05) is 49.1 Å². The number of likely N-dealkylation sites (tertiary alicyclic amines) is 1. The van der Waals surface area contributed by atoms with Gasteiger partial charge in [-0.3, -0.25) is 4.79 Å². The van der Waals surface area contributed by atoms with Crippen molar-refractivity contribution < 1.29 is 14.3 Å². The Morgan fingerprint density at radius 1 is 1.18 bits per heavy atom. The summed E-state index contributed by atoms with van der Waals surface area (Å²) in [4.78, 5) is 26.7. The molecule has 3 aromatic rings. The number of piperidine rings is 1. The molecule has 1 fully saturated rings. The summed E-state index contributed by atoms with van der Waals surface area (Å²) in [5.41, 5.74) is 3.21. The monoisotopic (exact) mass is 380 g/mol. The molecule has 0 bridgehead atoms. The standard InChI is InChI=1S/C21H24N4O3/c1-13-9-14(2)23-21(22-13)28-17-5-4-8-25(12-17)20(26)19-10-15-6-7-16(27-3)11-18(15)24-19/h6-7,9-11,17,24H,4-5,8,12H2,1-3H3/t17-/m0/s1. The predicted octanol–water partition coefficient (Wildman–Crippen LogP) is 3.27. The van der Waals surface area contributed by atoms with Crippen molar-refractivity contribution in [3.63, 3.8) is 0 Å². The van der Waals surface area contributed by atoms with Gasteiger partial charge in [0.25, 0.3) is 5.91 Å². The van der Waals surface area contributed by atoms with Crippen molar-refractivity contribution in [1.29, 1.82) is 0 Å². The van der Waals surface area contributed by atoms with E-state index in [2.05, 4.69) is 15.0 Å². The second kappa shape index (κ2) is 7.50. The van der Waals surface area contributed by atoms with Gasteiger partial charge in [0.2, 0.25) is 0 Å². The van der Waals surface area contributed by atoms with Gasteiger partial charge in [-0.05, 0) is 51.0 Å². The fraction of sp³-hybridized carbons (Fsp3) is 0.381. The third-order valence-electron chi connectivity index (χ3n) is 4.96. The zero-order valence-electron chi connectivity index (χ0n) is 16.4. The second-order valence-electron chi connectivity index (χ2n) is 7.20. The minimum Gasteiger partial charge on any atom is -0.497 e. The van der Waals surface area contributed by atoms with E-state index in [0.717, 1.165) is 40.9 Å². The first kappa shape index (κ1) is 18.3. The lowest BCUT2D eigenvalue weighted by molar-refractivity contribution is 0.0510. The third kappa shape index (κ3) is 3.78. The van der Waals surface area contributed by atoms with Gasteiger partial charge in [-0.1, -0.05) is 0 Å². The minimum atomic E-state index is -0.108. The number of amides is 1. The van der Waals surface area contributed by atoms with Gasteiger partial charge in [0.05, 0.1) is 13.7 Å². The molecule has 1 aliphatic rings. The summed E-state index contributed by atoms with van der Waals surface area (Å²) in [7, 11) is 1.63. The summed E-state index contributed by atoms with van der Waals surface area (Å²) in [6, 6.07) is 9.91. The maximum Gasteiger partial charge on any atom is 0.317 e. The molecule has 1 N–H and O–H groups in total. The molecule has 0 radical (unpaired) electrons. The highest BCUT2D eigenvalue weighted by Crippen LogP contribution is 2.23. The van der Waals surface area contributed by atoms with E-state index in [-0.39, 0.29) is 12.0 Å². The molecule has 1 aliphatic heterocycles. The Kier molecular flexibility index (Phi) is 4.90. The van der Waals surface area contributed by atoms with E-state index in [1.54, 1.807) is 7.11 Å². The van der Waals surface area contributed by atoms with Crippen molar-refractivity contribution in [2.75, 3.05) is 20.2 Å². The molecular formula is C21H24N4O3. The summed E-state index contributed by atoms with van der Waals surface area (Å²) in [5, 5.41) is 0.984. The molecule has 0 unspecified atom stereocenters. The topological polar surface area (TPSA) is 80.3 Å².